The van der Waals surface area contributed by atoms with Crippen LogP contribution in [-0.2, 0) is 16.1 Å². The maximum Gasteiger partial charge on any atom is 0.269 e. The summed E-state index contributed by atoms with van der Waals surface area (Å²) in [6.45, 7) is 2.22. The Labute approximate surface area is 161 Å². The minimum absolute atomic E-state index is 0.133. The Morgan fingerprint density at radius 3 is 2.62 bits per heavy atom. The zero-order valence-electron chi connectivity index (χ0n) is 14.1. The highest BCUT2D eigenvalue weighted by atomic mass is 35.5. The number of nitrogens with one attached hydrogen (secondary N) is 2. The Bertz CT molecular complexity index is 879. The normalized spacial score (nSPS) is 13.9. The predicted molar refractivity (Wildman–Crippen MR) is 103 cm³/mol. The van der Waals surface area contributed by atoms with Gasteiger partial charge in [-0.05, 0) is 42.8 Å². The molecule has 5 nitrogen and oxygen atoms in total. The van der Waals surface area contributed by atoms with E-state index in [1.165, 1.54) is 5.01 Å². The van der Waals surface area contributed by atoms with E-state index in [0.29, 0.717) is 21.4 Å². The number of nitrogens with zero attached hydrogens (tertiary/aromatic N) is 1. The summed E-state index contributed by atoms with van der Waals surface area (Å²) in [5.41, 5.74) is 5.72. The minimum Gasteiger partial charge on any atom is -0.347 e. The Kier molecular flexibility index (Phi) is 5.49. The van der Waals surface area contributed by atoms with E-state index in [0.717, 1.165) is 11.1 Å². The summed E-state index contributed by atoms with van der Waals surface area (Å²) in [5.74, 6) is -0.452. The summed E-state index contributed by atoms with van der Waals surface area (Å²) < 4.78 is 0. The number of aryl methyl sites for hydroxylation is 1. The van der Waals surface area contributed by atoms with E-state index in [-0.39, 0.29) is 24.8 Å². The number of rotatable bonds is 4. The van der Waals surface area contributed by atoms with Gasteiger partial charge >= 0.3 is 0 Å². The zero-order chi connectivity index (χ0) is 18.7. The first kappa shape index (κ1) is 18.3. The molecule has 0 spiro atoms. The highest BCUT2D eigenvalue weighted by Crippen LogP contribution is 2.21. The number of carbonyl (C=O) groups excluding carboxylic acids is 2. The van der Waals surface area contributed by atoms with Gasteiger partial charge in [0.1, 0.15) is 5.70 Å². The van der Waals surface area contributed by atoms with Crippen molar-refractivity contribution in [1.82, 2.24) is 10.7 Å². The fourth-order valence-electron chi connectivity index (χ4n) is 2.49. The number of anilines is 1. The molecule has 0 saturated heterocycles. The highest BCUT2D eigenvalue weighted by molar-refractivity contribution is 6.35. The van der Waals surface area contributed by atoms with Crippen LogP contribution in [0.3, 0.4) is 0 Å². The van der Waals surface area contributed by atoms with Crippen molar-refractivity contribution in [2.75, 3.05) is 5.01 Å². The van der Waals surface area contributed by atoms with Crippen molar-refractivity contribution in [3.63, 3.8) is 0 Å². The Morgan fingerprint density at radius 1 is 1.19 bits per heavy atom. The van der Waals surface area contributed by atoms with Crippen molar-refractivity contribution < 1.29 is 9.59 Å². The summed E-state index contributed by atoms with van der Waals surface area (Å²) in [7, 11) is 0. The van der Waals surface area contributed by atoms with Gasteiger partial charge in [0.2, 0.25) is 5.91 Å². The van der Waals surface area contributed by atoms with Gasteiger partial charge in [-0.1, -0.05) is 47.0 Å². The molecule has 1 heterocycles. The van der Waals surface area contributed by atoms with Gasteiger partial charge in [0.25, 0.3) is 5.91 Å². The monoisotopic (exact) mass is 389 g/mol. The average Bonchev–Trinajstić information content (AvgIpc) is 2.62. The third-order valence-corrected chi connectivity index (χ3v) is 4.54. The first-order chi connectivity index (χ1) is 12.4. The molecule has 134 valence electrons. The van der Waals surface area contributed by atoms with E-state index >= 15 is 0 Å². The lowest BCUT2D eigenvalue weighted by Gasteiger charge is -2.28. The van der Waals surface area contributed by atoms with E-state index < -0.39 is 0 Å². The van der Waals surface area contributed by atoms with Crippen LogP contribution in [0.4, 0.5) is 5.69 Å². The molecular formula is C19H17Cl2N3O2. The highest BCUT2D eigenvalue weighted by Gasteiger charge is 2.24. The Hall–Kier alpha value is -2.50. The maximum atomic E-state index is 12.4. The molecule has 0 aliphatic carbocycles. The number of carbonyl (C=O) groups is 2. The van der Waals surface area contributed by atoms with Crippen molar-refractivity contribution in [2.24, 2.45) is 0 Å². The fraction of sp³-hybridized carbons (Fsp3) is 0.158. The Morgan fingerprint density at radius 2 is 1.92 bits per heavy atom. The Balaban J connectivity index is 1.67. The number of hydrogen-bond donors (Lipinski definition) is 2. The standard InChI is InChI=1S/C19H17Cl2N3O2/c1-12-2-6-15(7-3-12)24-18(25)9-8-17(23-24)19(26)22-11-13-4-5-14(20)10-16(13)21/h2-8,10,23H,9,11H2,1H3,(H,22,26). The molecule has 0 aromatic heterocycles. The topological polar surface area (TPSA) is 61.4 Å². The van der Waals surface area contributed by atoms with E-state index in [2.05, 4.69) is 10.7 Å². The quantitative estimate of drug-likeness (QED) is 0.836. The lowest BCUT2D eigenvalue weighted by molar-refractivity contribution is -0.120. The number of halogens is 2. The van der Waals surface area contributed by atoms with E-state index in [1.54, 1.807) is 24.3 Å². The zero-order valence-corrected chi connectivity index (χ0v) is 15.6. The molecule has 1 aliphatic heterocycles. The van der Waals surface area contributed by atoms with E-state index in [1.807, 2.05) is 31.2 Å². The predicted octanol–water partition coefficient (Wildman–Crippen LogP) is 3.74. The van der Waals surface area contributed by atoms with Gasteiger partial charge in [-0.25, -0.2) is 5.01 Å². The molecule has 2 N–H and O–H groups in total. The van der Waals surface area contributed by atoms with E-state index in [9.17, 15) is 9.59 Å². The first-order valence-corrected chi connectivity index (χ1v) is 8.78. The molecule has 7 heteroatoms. The largest absolute Gasteiger partial charge is 0.347 e. The van der Waals surface area contributed by atoms with Crippen LogP contribution in [0.25, 0.3) is 0 Å². The second-order valence-corrected chi connectivity index (χ2v) is 6.76. The second kappa shape index (κ2) is 7.81. The van der Waals surface area contributed by atoms with Gasteiger partial charge in [0, 0.05) is 23.0 Å². The van der Waals surface area contributed by atoms with Gasteiger partial charge in [0.05, 0.1) is 5.69 Å². The SMILES string of the molecule is Cc1ccc(N2NC(C(=O)NCc3ccc(Cl)cc3Cl)=CCC2=O)cc1. The van der Waals surface area contributed by atoms with Crippen LogP contribution in [-0.4, -0.2) is 11.8 Å². The van der Waals surface area contributed by atoms with Crippen molar-refractivity contribution in [1.29, 1.82) is 0 Å². The molecule has 3 rings (SSSR count). The van der Waals surface area contributed by atoms with Crippen LogP contribution in [0.2, 0.25) is 10.0 Å². The molecule has 0 atom stereocenters. The molecule has 2 amide bonds. The van der Waals surface area contributed by atoms with Crippen LogP contribution in [0.1, 0.15) is 17.5 Å². The lowest BCUT2D eigenvalue weighted by atomic mass is 10.2. The number of hydrazine groups is 1. The third-order valence-electron chi connectivity index (χ3n) is 3.95. The molecule has 2 aromatic rings. The number of benzene rings is 2. The first-order valence-electron chi connectivity index (χ1n) is 8.02. The fourth-order valence-corrected chi connectivity index (χ4v) is 2.97. The van der Waals surface area contributed by atoms with Gasteiger partial charge in [0.15, 0.2) is 0 Å². The molecule has 0 radical (unpaired) electrons. The second-order valence-electron chi connectivity index (χ2n) is 5.92. The number of amides is 2. The summed E-state index contributed by atoms with van der Waals surface area (Å²) in [6, 6.07) is 12.6. The molecule has 0 unspecified atom stereocenters. The van der Waals surface area contributed by atoms with Crippen LogP contribution in [0, 0.1) is 6.92 Å². The van der Waals surface area contributed by atoms with Crippen LogP contribution in [0.15, 0.2) is 54.2 Å². The summed E-state index contributed by atoms with van der Waals surface area (Å²) in [5, 5.41) is 5.19. The molecule has 1 aliphatic rings. The molecule has 0 saturated carbocycles. The third kappa shape index (κ3) is 4.18. The molecule has 0 bridgehead atoms. The molecule has 2 aromatic carbocycles. The van der Waals surface area contributed by atoms with Crippen LogP contribution < -0.4 is 15.8 Å². The van der Waals surface area contributed by atoms with Crippen molar-refractivity contribution in [3.8, 4) is 0 Å². The molecule has 0 fully saturated rings. The van der Waals surface area contributed by atoms with Gasteiger partial charge in [-0.3, -0.25) is 15.0 Å². The molecule has 26 heavy (non-hydrogen) atoms. The van der Waals surface area contributed by atoms with Crippen LogP contribution >= 0.6 is 23.2 Å². The maximum absolute atomic E-state index is 12.4. The minimum atomic E-state index is -0.319. The summed E-state index contributed by atoms with van der Waals surface area (Å²) >= 11 is 12.0. The van der Waals surface area contributed by atoms with Crippen molar-refractivity contribution in [3.05, 3.63) is 75.4 Å². The van der Waals surface area contributed by atoms with Crippen LogP contribution in [0.5, 0.6) is 0 Å². The summed E-state index contributed by atoms with van der Waals surface area (Å²) in [4.78, 5) is 24.6. The van der Waals surface area contributed by atoms with E-state index in [4.69, 9.17) is 23.2 Å². The number of hydrogen-bond acceptors (Lipinski definition) is 3. The summed E-state index contributed by atoms with van der Waals surface area (Å²) in [6.07, 6.45) is 1.72. The van der Waals surface area contributed by atoms with Crippen molar-refractivity contribution in [2.45, 2.75) is 19.9 Å². The van der Waals surface area contributed by atoms with Gasteiger partial charge in [-0.15, -0.1) is 0 Å². The smallest absolute Gasteiger partial charge is 0.269 e. The molecular weight excluding hydrogens is 373 g/mol. The lowest BCUT2D eigenvalue weighted by Crippen LogP contribution is -2.48. The van der Waals surface area contributed by atoms with Gasteiger partial charge < -0.3 is 5.32 Å². The van der Waals surface area contributed by atoms with Gasteiger partial charge in [-0.2, -0.15) is 0 Å². The average molecular weight is 390 g/mol. The van der Waals surface area contributed by atoms with Crippen molar-refractivity contribution >= 4 is 40.7 Å².